The summed E-state index contributed by atoms with van der Waals surface area (Å²) in [7, 11) is 1.90. The number of nitrogens with one attached hydrogen (secondary N) is 1. The number of hydrogen-bond acceptors (Lipinski definition) is 2. The number of ketones is 1. The molecule has 1 rings (SSSR count). The lowest BCUT2D eigenvalue weighted by atomic mass is 10.1. The molecule has 0 spiro atoms. The first kappa shape index (κ1) is 14.8. The minimum Gasteiger partial charge on any atom is -0.382 e. The molecular weight excluding hydrogens is 200 g/mol. The Morgan fingerprint density at radius 2 is 1.88 bits per heavy atom. The van der Waals surface area contributed by atoms with E-state index in [2.05, 4.69) is 19.2 Å². The summed E-state index contributed by atoms with van der Waals surface area (Å²) in [5.41, 5.74) is 1.78. The van der Waals surface area contributed by atoms with E-state index in [9.17, 15) is 4.79 Å². The van der Waals surface area contributed by atoms with Crippen LogP contribution in [0.15, 0.2) is 12.3 Å². The quantitative estimate of drug-likeness (QED) is 0.796. The molecule has 1 heterocycles. The summed E-state index contributed by atoms with van der Waals surface area (Å²) in [6.45, 7) is 8.00. The maximum Gasteiger partial charge on any atom is 0.181 e. The van der Waals surface area contributed by atoms with Gasteiger partial charge >= 0.3 is 0 Å². The van der Waals surface area contributed by atoms with Gasteiger partial charge < -0.3 is 9.88 Å². The summed E-state index contributed by atoms with van der Waals surface area (Å²) in [5, 5.41) is 3.29. The van der Waals surface area contributed by atoms with Crippen molar-refractivity contribution in [3.8, 4) is 0 Å². The van der Waals surface area contributed by atoms with Crippen molar-refractivity contribution in [2.45, 2.75) is 41.2 Å². The van der Waals surface area contributed by atoms with E-state index >= 15 is 0 Å². The molecule has 0 bridgehead atoms. The van der Waals surface area contributed by atoms with Crippen molar-refractivity contribution in [2.75, 3.05) is 5.32 Å². The second-order valence-electron chi connectivity index (χ2n) is 4.54. The molecule has 3 nitrogen and oxygen atoms in total. The molecule has 0 aliphatic rings. The highest BCUT2D eigenvalue weighted by Gasteiger charge is 2.15. The Kier molecular flexibility index (Phi) is 5.28. The molecule has 16 heavy (non-hydrogen) atoms. The van der Waals surface area contributed by atoms with E-state index in [1.807, 2.05) is 37.7 Å². The molecule has 92 valence electrons. The minimum absolute atomic E-state index is 0. The van der Waals surface area contributed by atoms with Crippen molar-refractivity contribution in [3.63, 3.8) is 0 Å². The molecule has 0 radical (unpaired) electrons. The highest BCUT2D eigenvalue weighted by atomic mass is 16.1. The fraction of sp³-hybridized carbons (Fsp3) is 0.615. The lowest BCUT2D eigenvalue weighted by Gasteiger charge is -2.05. The summed E-state index contributed by atoms with van der Waals surface area (Å²) in [6.07, 6.45) is 1.95. The van der Waals surface area contributed by atoms with Crippen molar-refractivity contribution in [1.29, 1.82) is 0 Å². The van der Waals surface area contributed by atoms with Crippen LogP contribution in [-0.2, 0) is 7.05 Å². The summed E-state index contributed by atoms with van der Waals surface area (Å²) >= 11 is 0. The molecule has 0 aromatic carbocycles. The third kappa shape index (κ3) is 3.40. The van der Waals surface area contributed by atoms with Gasteiger partial charge in [0.25, 0.3) is 0 Å². The molecule has 0 saturated carbocycles. The van der Waals surface area contributed by atoms with Crippen molar-refractivity contribution in [3.05, 3.63) is 18.0 Å². The maximum absolute atomic E-state index is 11.8. The zero-order valence-electron chi connectivity index (χ0n) is 10.2. The van der Waals surface area contributed by atoms with Crippen molar-refractivity contribution >= 4 is 11.5 Å². The van der Waals surface area contributed by atoms with E-state index in [4.69, 9.17) is 0 Å². The van der Waals surface area contributed by atoms with Gasteiger partial charge in [-0.1, -0.05) is 21.3 Å². The van der Waals surface area contributed by atoms with E-state index < -0.39 is 0 Å². The van der Waals surface area contributed by atoms with E-state index in [-0.39, 0.29) is 19.1 Å². The summed E-state index contributed by atoms with van der Waals surface area (Å²) in [4.78, 5) is 11.8. The predicted molar refractivity (Wildman–Crippen MR) is 70.1 cm³/mol. The van der Waals surface area contributed by atoms with Gasteiger partial charge in [0, 0.05) is 25.2 Å². The smallest absolute Gasteiger partial charge is 0.181 e. The third-order valence-corrected chi connectivity index (χ3v) is 2.24. The molecular formula is C13H24N2O. The molecule has 1 aromatic heterocycles. The lowest BCUT2D eigenvalue weighted by Crippen LogP contribution is -2.11. The molecule has 0 fully saturated rings. The van der Waals surface area contributed by atoms with Gasteiger partial charge in [-0.15, -0.1) is 0 Å². The predicted octanol–water partition coefficient (Wildman–Crippen LogP) is 3.32. The average molecular weight is 224 g/mol. The van der Waals surface area contributed by atoms with Crippen LogP contribution in [0.3, 0.4) is 0 Å². The average Bonchev–Trinajstić information content (AvgIpc) is 2.44. The molecule has 3 heteroatoms. The number of Topliss-reactive ketones (excluding diaryl/α,β-unsaturated/α-hetero) is 1. The number of hydrogen-bond donors (Lipinski definition) is 1. The van der Waals surface area contributed by atoms with Gasteiger partial charge in [-0.25, -0.2) is 0 Å². The number of carbonyl (C=O) groups is 1. The van der Waals surface area contributed by atoms with Gasteiger partial charge in [0.05, 0.1) is 11.4 Å². The Bertz CT molecular complexity index is 351. The second kappa shape index (κ2) is 5.73. The first-order valence-corrected chi connectivity index (χ1v) is 5.39. The first-order valence-electron chi connectivity index (χ1n) is 5.39. The third-order valence-electron chi connectivity index (χ3n) is 2.24. The Morgan fingerprint density at radius 3 is 2.31 bits per heavy atom. The second-order valence-corrected chi connectivity index (χ2v) is 4.54. The lowest BCUT2D eigenvalue weighted by molar-refractivity contribution is 0.0931. The van der Waals surface area contributed by atoms with Crippen LogP contribution < -0.4 is 5.32 Å². The van der Waals surface area contributed by atoms with Crippen molar-refractivity contribution in [1.82, 2.24) is 4.57 Å². The zero-order chi connectivity index (χ0) is 11.6. The molecule has 0 saturated heterocycles. The van der Waals surface area contributed by atoms with Gasteiger partial charge in [0.1, 0.15) is 0 Å². The zero-order valence-corrected chi connectivity index (χ0v) is 10.2. The Morgan fingerprint density at radius 1 is 1.31 bits per heavy atom. The fourth-order valence-electron chi connectivity index (χ4n) is 1.52. The molecule has 0 unspecified atom stereocenters. The molecule has 0 aliphatic heterocycles. The topological polar surface area (TPSA) is 34.0 Å². The number of rotatable bonds is 4. The van der Waals surface area contributed by atoms with Crippen LogP contribution in [0.5, 0.6) is 0 Å². The van der Waals surface area contributed by atoms with Crippen LogP contribution in [0.1, 0.15) is 45.6 Å². The SMILES string of the molecule is C.CC(C)Nc1cc(C(=O)C(C)C)n(C)c1. The van der Waals surface area contributed by atoms with Crippen LogP contribution in [0.4, 0.5) is 5.69 Å². The maximum atomic E-state index is 11.8. The largest absolute Gasteiger partial charge is 0.382 e. The van der Waals surface area contributed by atoms with E-state index in [0.29, 0.717) is 6.04 Å². The van der Waals surface area contributed by atoms with Crippen LogP contribution in [0.25, 0.3) is 0 Å². The Labute approximate surface area is 98.9 Å². The highest BCUT2D eigenvalue weighted by molar-refractivity contribution is 5.97. The van der Waals surface area contributed by atoms with Gasteiger partial charge in [0.2, 0.25) is 0 Å². The van der Waals surface area contributed by atoms with Crippen LogP contribution in [0.2, 0.25) is 0 Å². The standard InChI is InChI=1S/C12H20N2O.CH4/c1-8(2)12(15)11-6-10(7-14(11)5)13-9(3)4;/h6-9,13H,1-5H3;1H4. The van der Waals surface area contributed by atoms with Crippen molar-refractivity contribution in [2.24, 2.45) is 13.0 Å². The van der Waals surface area contributed by atoms with Crippen LogP contribution in [0, 0.1) is 5.92 Å². The molecule has 1 N–H and O–H groups in total. The van der Waals surface area contributed by atoms with Crippen LogP contribution >= 0.6 is 0 Å². The highest BCUT2D eigenvalue weighted by Crippen LogP contribution is 2.16. The number of carbonyl (C=O) groups excluding carboxylic acids is 1. The minimum atomic E-state index is 0. The van der Waals surface area contributed by atoms with Gasteiger partial charge in [-0.3, -0.25) is 4.79 Å². The van der Waals surface area contributed by atoms with Gasteiger partial charge in [0.15, 0.2) is 5.78 Å². The molecule has 0 amide bonds. The first-order chi connectivity index (χ1) is 6.91. The van der Waals surface area contributed by atoms with Gasteiger partial charge in [-0.05, 0) is 19.9 Å². The summed E-state index contributed by atoms with van der Waals surface area (Å²) < 4.78 is 1.88. The molecule has 0 atom stereocenters. The number of aryl methyl sites for hydroxylation is 1. The van der Waals surface area contributed by atoms with Gasteiger partial charge in [-0.2, -0.15) is 0 Å². The Hall–Kier alpha value is -1.25. The van der Waals surface area contributed by atoms with E-state index in [0.717, 1.165) is 11.4 Å². The Balaban J connectivity index is 0.00000225. The monoisotopic (exact) mass is 224 g/mol. The summed E-state index contributed by atoms with van der Waals surface area (Å²) in [5.74, 6) is 0.236. The van der Waals surface area contributed by atoms with Crippen LogP contribution in [-0.4, -0.2) is 16.4 Å². The van der Waals surface area contributed by atoms with E-state index in [1.165, 1.54) is 0 Å². The van der Waals surface area contributed by atoms with Crippen molar-refractivity contribution < 1.29 is 4.79 Å². The fourth-order valence-corrected chi connectivity index (χ4v) is 1.52. The summed E-state index contributed by atoms with van der Waals surface area (Å²) in [6, 6.07) is 2.30. The molecule has 0 aliphatic carbocycles. The molecule has 1 aromatic rings. The van der Waals surface area contributed by atoms with E-state index in [1.54, 1.807) is 0 Å². The normalized spacial score (nSPS) is 10.4. The number of anilines is 1. The number of aromatic nitrogens is 1. The number of nitrogens with zero attached hydrogens (tertiary/aromatic N) is 1.